The highest BCUT2D eigenvalue weighted by Gasteiger charge is 2.35. The average Bonchev–Trinajstić information content (AvgIpc) is 2.85. The van der Waals surface area contributed by atoms with Gasteiger partial charge in [0.1, 0.15) is 12.2 Å². The Kier molecular flexibility index (Phi) is 7.65. The molecular formula is C26H23NO5. The number of amides is 1. The van der Waals surface area contributed by atoms with Crippen molar-refractivity contribution >= 4 is 30.1 Å². The smallest absolute Gasteiger partial charge is 0.338 e. The highest BCUT2D eigenvalue weighted by atomic mass is 16.5. The molecule has 0 saturated heterocycles. The number of nitrogens with zero attached hydrogens (tertiary/aromatic N) is 1. The van der Waals surface area contributed by atoms with Crippen LogP contribution >= 0.6 is 0 Å². The molecule has 2 atom stereocenters. The van der Waals surface area contributed by atoms with Gasteiger partial charge in [-0.3, -0.25) is 9.59 Å². The monoisotopic (exact) mass is 429 g/mol. The van der Waals surface area contributed by atoms with E-state index < -0.39 is 17.9 Å². The van der Waals surface area contributed by atoms with Crippen LogP contribution in [0.15, 0.2) is 84.9 Å². The number of aldehydes is 1. The van der Waals surface area contributed by atoms with Crippen LogP contribution in [0.3, 0.4) is 0 Å². The quantitative estimate of drug-likeness (QED) is 0.208. The SMILES string of the molecule is CCOC(=O)c1ccc(N(C=O)C(c2ccccc2)C(C=O)C(=O)c2ccccc2)cc1. The van der Waals surface area contributed by atoms with Gasteiger partial charge in [0.15, 0.2) is 5.78 Å². The lowest BCUT2D eigenvalue weighted by Crippen LogP contribution is -2.37. The minimum absolute atomic E-state index is 0.250. The number of esters is 1. The van der Waals surface area contributed by atoms with Crippen LogP contribution in [0.2, 0.25) is 0 Å². The predicted molar refractivity (Wildman–Crippen MR) is 120 cm³/mol. The number of hydrogen-bond acceptors (Lipinski definition) is 5. The number of anilines is 1. The van der Waals surface area contributed by atoms with Crippen LogP contribution in [0.1, 0.15) is 39.2 Å². The van der Waals surface area contributed by atoms with Crippen molar-refractivity contribution in [1.29, 1.82) is 0 Å². The molecule has 3 aromatic rings. The Bertz CT molecular complexity index is 1060. The summed E-state index contributed by atoms with van der Waals surface area (Å²) in [5.74, 6) is -1.99. The van der Waals surface area contributed by atoms with E-state index in [1.807, 2.05) is 6.07 Å². The normalized spacial score (nSPS) is 12.3. The van der Waals surface area contributed by atoms with Crippen molar-refractivity contribution in [3.8, 4) is 0 Å². The number of rotatable bonds is 10. The topological polar surface area (TPSA) is 80.8 Å². The summed E-state index contributed by atoms with van der Waals surface area (Å²) in [4.78, 5) is 50.9. The first-order valence-electron chi connectivity index (χ1n) is 10.2. The van der Waals surface area contributed by atoms with Gasteiger partial charge in [0, 0.05) is 11.3 Å². The maximum Gasteiger partial charge on any atom is 0.338 e. The molecule has 6 heteroatoms. The fourth-order valence-electron chi connectivity index (χ4n) is 3.54. The van der Waals surface area contributed by atoms with Gasteiger partial charge in [-0.25, -0.2) is 4.79 Å². The molecule has 0 bridgehead atoms. The Morgan fingerprint density at radius 1 is 0.844 bits per heavy atom. The Labute approximate surface area is 186 Å². The lowest BCUT2D eigenvalue weighted by atomic mass is 9.86. The molecule has 0 fully saturated rings. The van der Waals surface area contributed by atoms with Crippen LogP contribution in [0, 0.1) is 5.92 Å². The Hall–Kier alpha value is -4.06. The molecule has 0 aromatic heterocycles. The number of carbonyl (C=O) groups is 4. The van der Waals surface area contributed by atoms with Crippen molar-refractivity contribution in [2.24, 2.45) is 5.92 Å². The molecule has 6 nitrogen and oxygen atoms in total. The van der Waals surface area contributed by atoms with Crippen LogP contribution in [-0.4, -0.2) is 31.1 Å². The van der Waals surface area contributed by atoms with Crippen LogP contribution in [0.4, 0.5) is 5.69 Å². The number of Topliss-reactive ketones (excluding diaryl/α,β-unsaturated/α-hetero) is 1. The molecule has 0 saturated carbocycles. The molecule has 2 unspecified atom stereocenters. The highest BCUT2D eigenvalue weighted by Crippen LogP contribution is 2.33. The van der Waals surface area contributed by atoms with Crippen molar-refractivity contribution in [2.75, 3.05) is 11.5 Å². The van der Waals surface area contributed by atoms with Gasteiger partial charge in [0.2, 0.25) is 6.41 Å². The molecule has 0 spiro atoms. The van der Waals surface area contributed by atoms with Crippen LogP contribution in [0.25, 0.3) is 0 Å². The molecule has 3 aromatic carbocycles. The highest BCUT2D eigenvalue weighted by molar-refractivity contribution is 6.06. The Morgan fingerprint density at radius 2 is 1.44 bits per heavy atom. The number of hydrogen-bond donors (Lipinski definition) is 0. The second-order valence-electron chi connectivity index (χ2n) is 7.03. The Morgan fingerprint density at radius 3 is 1.97 bits per heavy atom. The zero-order chi connectivity index (χ0) is 22.9. The zero-order valence-corrected chi connectivity index (χ0v) is 17.6. The number of benzene rings is 3. The summed E-state index contributed by atoms with van der Waals surface area (Å²) >= 11 is 0. The molecule has 3 rings (SSSR count). The summed E-state index contributed by atoms with van der Waals surface area (Å²) in [6.07, 6.45) is 1.17. The summed E-state index contributed by atoms with van der Waals surface area (Å²) in [6.45, 7) is 1.97. The van der Waals surface area contributed by atoms with E-state index in [1.165, 1.54) is 4.90 Å². The van der Waals surface area contributed by atoms with Gasteiger partial charge >= 0.3 is 5.97 Å². The first kappa shape index (κ1) is 22.6. The van der Waals surface area contributed by atoms with Gasteiger partial charge in [0.05, 0.1) is 18.2 Å². The minimum atomic E-state index is -1.13. The van der Waals surface area contributed by atoms with Gasteiger partial charge in [-0.15, -0.1) is 0 Å². The third kappa shape index (κ3) is 4.98. The first-order chi connectivity index (χ1) is 15.6. The number of carbonyl (C=O) groups excluding carboxylic acids is 4. The second-order valence-corrected chi connectivity index (χ2v) is 7.03. The number of ketones is 1. The summed E-state index contributed by atoms with van der Waals surface area (Å²) in [5, 5.41) is 0. The lowest BCUT2D eigenvalue weighted by molar-refractivity contribution is -0.111. The third-order valence-electron chi connectivity index (χ3n) is 5.08. The summed E-state index contributed by atoms with van der Waals surface area (Å²) in [5.41, 5.74) is 1.80. The second kappa shape index (κ2) is 10.8. The van der Waals surface area contributed by atoms with Crippen molar-refractivity contribution in [3.63, 3.8) is 0 Å². The van der Waals surface area contributed by atoms with Crippen LogP contribution in [-0.2, 0) is 14.3 Å². The van der Waals surface area contributed by atoms with Gasteiger partial charge < -0.3 is 14.4 Å². The van der Waals surface area contributed by atoms with Crippen LogP contribution in [0.5, 0.6) is 0 Å². The molecule has 32 heavy (non-hydrogen) atoms. The van der Waals surface area contributed by atoms with E-state index in [9.17, 15) is 19.2 Å². The predicted octanol–water partition coefficient (Wildman–Crippen LogP) is 4.27. The molecule has 162 valence electrons. The van der Waals surface area contributed by atoms with E-state index in [2.05, 4.69) is 0 Å². The van der Waals surface area contributed by atoms with E-state index in [0.29, 0.717) is 35.1 Å². The molecule has 0 aliphatic rings. The van der Waals surface area contributed by atoms with E-state index in [0.717, 1.165) is 0 Å². The van der Waals surface area contributed by atoms with E-state index >= 15 is 0 Å². The maximum absolute atomic E-state index is 13.2. The van der Waals surface area contributed by atoms with Crippen molar-refractivity contribution in [1.82, 2.24) is 0 Å². The maximum atomic E-state index is 13.2. The molecule has 1 amide bonds. The van der Waals surface area contributed by atoms with Gasteiger partial charge in [-0.1, -0.05) is 60.7 Å². The zero-order valence-electron chi connectivity index (χ0n) is 17.6. The molecule has 0 aliphatic heterocycles. The van der Waals surface area contributed by atoms with E-state index in [1.54, 1.807) is 85.8 Å². The van der Waals surface area contributed by atoms with Gasteiger partial charge in [-0.2, -0.15) is 0 Å². The number of ether oxygens (including phenoxy) is 1. The fourth-order valence-corrected chi connectivity index (χ4v) is 3.54. The lowest BCUT2D eigenvalue weighted by Gasteiger charge is -2.32. The minimum Gasteiger partial charge on any atom is -0.462 e. The summed E-state index contributed by atoms with van der Waals surface area (Å²) in [6, 6.07) is 22.8. The van der Waals surface area contributed by atoms with E-state index in [4.69, 9.17) is 4.74 Å². The van der Waals surface area contributed by atoms with Gasteiger partial charge in [0.25, 0.3) is 0 Å². The van der Waals surface area contributed by atoms with Crippen LogP contribution < -0.4 is 4.90 Å². The summed E-state index contributed by atoms with van der Waals surface area (Å²) < 4.78 is 4.99. The van der Waals surface area contributed by atoms with E-state index in [-0.39, 0.29) is 12.4 Å². The fraction of sp³-hybridized carbons (Fsp3) is 0.154. The first-order valence-corrected chi connectivity index (χ1v) is 10.2. The van der Waals surface area contributed by atoms with Crippen molar-refractivity contribution in [3.05, 3.63) is 102 Å². The third-order valence-corrected chi connectivity index (χ3v) is 5.08. The van der Waals surface area contributed by atoms with Gasteiger partial charge in [-0.05, 0) is 36.8 Å². The average molecular weight is 429 g/mol. The standard InChI is InChI=1S/C26H23NO5/c1-2-32-26(31)21-13-15-22(16-14-21)27(18-29)24(19-9-5-3-6-10-19)23(17-28)25(30)20-11-7-4-8-12-20/h3-18,23-24H,2H2,1H3. The molecule has 0 N–H and O–H groups in total. The molecule has 0 radical (unpaired) electrons. The largest absolute Gasteiger partial charge is 0.462 e. The van der Waals surface area contributed by atoms with Crippen molar-refractivity contribution < 1.29 is 23.9 Å². The van der Waals surface area contributed by atoms with Crippen molar-refractivity contribution in [2.45, 2.75) is 13.0 Å². The molecular weight excluding hydrogens is 406 g/mol. The Balaban J connectivity index is 2.04. The summed E-state index contributed by atoms with van der Waals surface area (Å²) in [7, 11) is 0. The molecule has 0 heterocycles. The molecule has 0 aliphatic carbocycles.